The molecule has 28 heavy (non-hydrogen) atoms. The lowest BCUT2D eigenvalue weighted by Gasteiger charge is -2.13. The summed E-state index contributed by atoms with van der Waals surface area (Å²) in [5.41, 5.74) is -0.430. The lowest BCUT2D eigenvalue weighted by Crippen LogP contribution is -2.27. The Balaban J connectivity index is 1.57. The molecule has 0 aliphatic heterocycles. The Bertz CT molecular complexity index is 883. The number of para-hydroxylation sites is 2. The first-order valence-corrected chi connectivity index (χ1v) is 8.68. The molecule has 1 saturated carbocycles. The van der Waals surface area contributed by atoms with Gasteiger partial charge < -0.3 is 15.4 Å². The van der Waals surface area contributed by atoms with Crippen molar-refractivity contribution in [1.82, 2.24) is 5.32 Å². The number of carbonyl (C=O) groups is 2. The fraction of sp³-hybridized carbons (Fsp3) is 0.300. The number of ether oxygens (including phenoxy) is 1. The second kappa shape index (κ2) is 7.92. The summed E-state index contributed by atoms with van der Waals surface area (Å²) in [6.07, 6.45) is -4.27. The van der Waals surface area contributed by atoms with Gasteiger partial charge in [0.05, 0.1) is 30.2 Å². The number of alkyl halides is 3. The first-order chi connectivity index (χ1) is 13.3. The van der Waals surface area contributed by atoms with Gasteiger partial charge in [0, 0.05) is 12.1 Å². The molecule has 0 bridgehead atoms. The molecular formula is C20H19F3N2O3. The first-order valence-electron chi connectivity index (χ1n) is 8.68. The van der Waals surface area contributed by atoms with E-state index in [2.05, 4.69) is 10.6 Å². The van der Waals surface area contributed by atoms with E-state index in [-0.39, 0.29) is 18.1 Å². The summed E-state index contributed by atoms with van der Waals surface area (Å²) in [7, 11) is 1.53. The molecule has 2 N–H and O–H groups in total. The van der Waals surface area contributed by atoms with Crippen molar-refractivity contribution in [1.29, 1.82) is 0 Å². The van der Waals surface area contributed by atoms with E-state index in [1.807, 2.05) is 18.2 Å². The molecule has 1 fully saturated rings. The number of rotatable bonds is 6. The summed E-state index contributed by atoms with van der Waals surface area (Å²) in [6, 6.07) is 12.0. The molecule has 2 atom stereocenters. The predicted octanol–water partition coefficient (Wildman–Crippen LogP) is 3.61. The molecule has 2 amide bonds. The molecule has 8 heteroatoms. The largest absolute Gasteiger partial charge is 0.496 e. The summed E-state index contributed by atoms with van der Waals surface area (Å²) < 4.78 is 44.3. The fourth-order valence-electron chi connectivity index (χ4n) is 3.00. The van der Waals surface area contributed by atoms with Crippen molar-refractivity contribution in [3.05, 3.63) is 59.7 Å². The molecule has 0 saturated heterocycles. The highest BCUT2D eigenvalue weighted by Gasteiger charge is 2.48. The second-order valence-electron chi connectivity index (χ2n) is 6.51. The molecule has 2 aromatic carbocycles. The summed E-state index contributed by atoms with van der Waals surface area (Å²) in [6.45, 7) is 0.241. The van der Waals surface area contributed by atoms with Crippen molar-refractivity contribution >= 4 is 17.5 Å². The number of methoxy groups -OCH3 is 1. The van der Waals surface area contributed by atoms with Crippen molar-refractivity contribution in [2.45, 2.75) is 19.1 Å². The Morgan fingerprint density at radius 1 is 1.04 bits per heavy atom. The van der Waals surface area contributed by atoms with Gasteiger partial charge in [0.25, 0.3) is 0 Å². The molecule has 2 aromatic rings. The Morgan fingerprint density at radius 3 is 2.39 bits per heavy atom. The van der Waals surface area contributed by atoms with E-state index < -0.39 is 29.5 Å². The van der Waals surface area contributed by atoms with Crippen LogP contribution in [0.4, 0.5) is 18.9 Å². The minimum absolute atomic E-state index is 0.241. The topological polar surface area (TPSA) is 67.4 Å². The van der Waals surface area contributed by atoms with Gasteiger partial charge >= 0.3 is 6.18 Å². The highest BCUT2D eigenvalue weighted by atomic mass is 19.4. The molecule has 1 aliphatic carbocycles. The van der Waals surface area contributed by atoms with Crippen LogP contribution in [0.2, 0.25) is 0 Å². The average molecular weight is 392 g/mol. The van der Waals surface area contributed by atoms with Crippen LogP contribution < -0.4 is 15.4 Å². The van der Waals surface area contributed by atoms with E-state index in [4.69, 9.17) is 4.74 Å². The number of benzene rings is 2. The maximum atomic E-state index is 13.0. The van der Waals surface area contributed by atoms with E-state index in [0.29, 0.717) is 12.2 Å². The smallest absolute Gasteiger partial charge is 0.418 e. The van der Waals surface area contributed by atoms with E-state index in [0.717, 1.165) is 11.6 Å². The van der Waals surface area contributed by atoms with Gasteiger partial charge in [0.15, 0.2) is 0 Å². The first kappa shape index (κ1) is 19.7. The summed E-state index contributed by atoms with van der Waals surface area (Å²) in [5, 5.41) is 5.04. The van der Waals surface area contributed by atoms with Gasteiger partial charge in [-0.15, -0.1) is 0 Å². The Kier molecular flexibility index (Phi) is 5.58. The standard InChI is InChI=1S/C20H19F3N2O3/c1-28-17-9-5-2-6-12(17)11-24-18(26)13-10-14(13)19(27)25-16-8-4-3-7-15(16)20(21,22)23/h2-9,13-14H,10-11H2,1H3,(H,24,26)(H,25,27). The lowest BCUT2D eigenvalue weighted by atomic mass is 10.1. The molecule has 0 spiro atoms. The van der Waals surface area contributed by atoms with Crippen LogP contribution in [0, 0.1) is 11.8 Å². The third-order valence-electron chi connectivity index (χ3n) is 4.60. The van der Waals surface area contributed by atoms with Gasteiger partial charge in [0.2, 0.25) is 11.8 Å². The van der Waals surface area contributed by atoms with Gasteiger partial charge in [-0.2, -0.15) is 13.2 Å². The van der Waals surface area contributed by atoms with Crippen LogP contribution in [-0.4, -0.2) is 18.9 Å². The monoisotopic (exact) mass is 392 g/mol. The maximum absolute atomic E-state index is 13.0. The number of halogens is 3. The van der Waals surface area contributed by atoms with Crippen LogP contribution >= 0.6 is 0 Å². The van der Waals surface area contributed by atoms with Gasteiger partial charge in [-0.25, -0.2) is 0 Å². The minimum atomic E-state index is -4.57. The third kappa shape index (κ3) is 4.44. The van der Waals surface area contributed by atoms with Gasteiger partial charge in [-0.1, -0.05) is 30.3 Å². The second-order valence-corrected chi connectivity index (χ2v) is 6.51. The zero-order valence-corrected chi connectivity index (χ0v) is 15.0. The molecule has 0 radical (unpaired) electrons. The van der Waals surface area contributed by atoms with Crippen LogP contribution in [0.3, 0.4) is 0 Å². The molecule has 2 unspecified atom stereocenters. The molecule has 0 aromatic heterocycles. The van der Waals surface area contributed by atoms with Crippen LogP contribution in [0.1, 0.15) is 17.5 Å². The van der Waals surface area contributed by atoms with Gasteiger partial charge in [0.1, 0.15) is 5.75 Å². The molecule has 3 rings (SSSR count). The number of hydrogen-bond acceptors (Lipinski definition) is 3. The summed E-state index contributed by atoms with van der Waals surface area (Å²) >= 11 is 0. The number of carbonyl (C=O) groups excluding carboxylic acids is 2. The minimum Gasteiger partial charge on any atom is -0.496 e. The normalized spacial score (nSPS) is 18.3. The highest BCUT2D eigenvalue weighted by molar-refractivity contribution is 6.00. The van der Waals surface area contributed by atoms with Crippen molar-refractivity contribution in [3.63, 3.8) is 0 Å². The number of nitrogens with one attached hydrogen (secondary N) is 2. The zero-order chi connectivity index (χ0) is 20.3. The van der Waals surface area contributed by atoms with E-state index in [1.54, 1.807) is 6.07 Å². The van der Waals surface area contributed by atoms with Gasteiger partial charge in [-0.3, -0.25) is 9.59 Å². The maximum Gasteiger partial charge on any atom is 0.418 e. The predicted molar refractivity (Wildman–Crippen MR) is 96.5 cm³/mol. The van der Waals surface area contributed by atoms with Crippen molar-refractivity contribution in [3.8, 4) is 5.75 Å². The van der Waals surface area contributed by atoms with Crippen LogP contribution in [0.25, 0.3) is 0 Å². The molecule has 5 nitrogen and oxygen atoms in total. The quantitative estimate of drug-likeness (QED) is 0.789. The molecular weight excluding hydrogens is 373 g/mol. The average Bonchev–Trinajstić information content (AvgIpc) is 3.47. The SMILES string of the molecule is COc1ccccc1CNC(=O)C1CC1C(=O)Nc1ccccc1C(F)(F)F. The van der Waals surface area contributed by atoms with Gasteiger partial charge in [-0.05, 0) is 24.6 Å². The zero-order valence-electron chi connectivity index (χ0n) is 15.0. The highest BCUT2D eigenvalue weighted by Crippen LogP contribution is 2.41. The van der Waals surface area contributed by atoms with Crippen LogP contribution in [0.5, 0.6) is 5.75 Å². The van der Waals surface area contributed by atoms with Crippen LogP contribution in [0.15, 0.2) is 48.5 Å². The molecule has 0 heterocycles. The van der Waals surface area contributed by atoms with E-state index in [9.17, 15) is 22.8 Å². The van der Waals surface area contributed by atoms with Crippen molar-refractivity contribution in [2.24, 2.45) is 11.8 Å². The lowest BCUT2D eigenvalue weighted by molar-refractivity contribution is -0.137. The third-order valence-corrected chi connectivity index (χ3v) is 4.60. The Labute approximate surface area is 159 Å². The van der Waals surface area contributed by atoms with E-state index >= 15 is 0 Å². The molecule has 1 aliphatic rings. The van der Waals surface area contributed by atoms with Crippen LogP contribution in [-0.2, 0) is 22.3 Å². The van der Waals surface area contributed by atoms with E-state index in [1.165, 1.54) is 25.3 Å². The van der Waals surface area contributed by atoms with Crippen molar-refractivity contribution in [2.75, 3.05) is 12.4 Å². The number of hydrogen-bond donors (Lipinski definition) is 2. The summed E-state index contributed by atoms with van der Waals surface area (Å²) in [5.74, 6) is -1.45. The molecule has 148 valence electrons. The van der Waals surface area contributed by atoms with Crippen molar-refractivity contribution < 1.29 is 27.5 Å². The number of amides is 2. The summed E-state index contributed by atoms with van der Waals surface area (Å²) in [4.78, 5) is 24.5. The Morgan fingerprint density at radius 2 is 1.68 bits per heavy atom. The fourth-order valence-corrected chi connectivity index (χ4v) is 3.00. The number of anilines is 1. The Hall–Kier alpha value is -3.03.